The Bertz CT molecular complexity index is 1110. The molecule has 4 aliphatic rings. The molecule has 0 aromatic heterocycles. The second-order valence-corrected chi connectivity index (χ2v) is 12.4. The van der Waals surface area contributed by atoms with Crippen molar-refractivity contribution in [2.45, 2.75) is 49.8 Å². The SMILES string of the molecule is O=C(CS(=O)(=O)Cc1ccccc1)Nc1ccc(C(=O)NC23CC4CC(CC(C4)C2)C3)cc1. The van der Waals surface area contributed by atoms with E-state index in [1.165, 1.54) is 19.3 Å². The zero-order valence-electron chi connectivity index (χ0n) is 18.6. The number of carbonyl (C=O) groups is 2. The van der Waals surface area contributed by atoms with Gasteiger partial charge in [0, 0.05) is 16.8 Å². The standard InChI is InChI=1S/C26H30N2O4S/c29-24(17-33(31,32)16-18-4-2-1-3-5-18)27-23-8-6-22(7-9-23)25(30)28-26-13-19-10-20(14-26)12-21(11-19)15-26/h1-9,19-21H,10-17H2,(H,27,29)(H,28,30). The molecule has 0 spiro atoms. The van der Waals surface area contributed by atoms with Crippen molar-refractivity contribution >= 4 is 27.3 Å². The number of hydrogen-bond acceptors (Lipinski definition) is 4. The first kappa shape index (κ1) is 22.1. The molecule has 2 aromatic rings. The summed E-state index contributed by atoms with van der Waals surface area (Å²) in [4.78, 5) is 25.2. The lowest BCUT2D eigenvalue weighted by molar-refractivity contribution is -0.113. The number of nitrogens with one attached hydrogen (secondary N) is 2. The van der Waals surface area contributed by atoms with Crippen molar-refractivity contribution in [1.82, 2.24) is 5.32 Å². The molecule has 4 saturated carbocycles. The van der Waals surface area contributed by atoms with Crippen LogP contribution < -0.4 is 10.6 Å². The van der Waals surface area contributed by atoms with Crippen molar-refractivity contribution in [2.24, 2.45) is 17.8 Å². The van der Waals surface area contributed by atoms with Crippen LogP contribution in [0.3, 0.4) is 0 Å². The molecular formula is C26H30N2O4S. The van der Waals surface area contributed by atoms with Gasteiger partial charge in [-0.25, -0.2) is 8.42 Å². The van der Waals surface area contributed by atoms with Crippen molar-refractivity contribution in [1.29, 1.82) is 0 Å². The fourth-order valence-electron chi connectivity index (χ4n) is 6.56. The van der Waals surface area contributed by atoms with Gasteiger partial charge in [-0.15, -0.1) is 0 Å². The summed E-state index contributed by atoms with van der Waals surface area (Å²) in [5.74, 6) is 0.852. The van der Waals surface area contributed by atoms with E-state index >= 15 is 0 Å². The third kappa shape index (κ3) is 5.13. The number of hydrogen-bond donors (Lipinski definition) is 2. The lowest BCUT2D eigenvalue weighted by Gasteiger charge is -2.56. The van der Waals surface area contributed by atoms with Crippen molar-refractivity contribution in [3.63, 3.8) is 0 Å². The largest absolute Gasteiger partial charge is 0.347 e. The number of benzene rings is 2. The Morgan fingerprint density at radius 1 is 0.848 bits per heavy atom. The summed E-state index contributed by atoms with van der Waals surface area (Å²) in [6.45, 7) is 0. The number of anilines is 1. The topological polar surface area (TPSA) is 92.3 Å². The van der Waals surface area contributed by atoms with E-state index in [-0.39, 0.29) is 17.2 Å². The molecule has 4 aliphatic carbocycles. The molecule has 174 valence electrons. The van der Waals surface area contributed by atoms with E-state index in [4.69, 9.17) is 0 Å². The van der Waals surface area contributed by atoms with Gasteiger partial charge in [-0.1, -0.05) is 30.3 Å². The van der Waals surface area contributed by atoms with Crippen molar-refractivity contribution in [3.05, 3.63) is 65.7 Å². The van der Waals surface area contributed by atoms with Crippen LogP contribution in [0, 0.1) is 17.8 Å². The molecule has 33 heavy (non-hydrogen) atoms. The van der Waals surface area contributed by atoms with Crippen LogP contribution in [0.2, 0.25) is 0 Å². The fraction of sp³-hybridized carbons (Fsp3) is 0.462. The van der Waals surface area contributed by atoms with E-state index < -0.39 is 21.5 Å². The first-order valence-corrected chi connectivity index (χ1v) is 13.6. The highest BCUT2D eigenvalue weighted by Crippen LogP contribution is 2.55. The van der Waals surface area contributed by atoms with Crippen LogP contribution in [-0.4, -0.2) is 31.5 Å². The molecule has 0 aliphatic heterocycles. The number of rotatable bonds is 7. The van der Waals surface area contributed by atoms with E-state index in [2.05, 4.69) is 10.6 Å². The molecule has 0 atom stereocenters. The summed E-state index contributed by atoms with van der Waals surface area (Å²) in [6, 6.07) is 15.5. The van der Waals surface area contributed by atoms with Crippen LogP contribution in [0.5, 0.6) is 0 Å². The molecule has 2 aromatic carbocycles. The minimum Gasteiger partial charge on any atom is -0.347 e. The average molecular weight is 467 g/mol. The van der Waals surface area contributed by atoms with E-state index in [1.807, 2.05) is 6.07 Å². The van der Waals surface area contributed by atoms with Gasteiger partial charge in [0.25, 0.3) is 5.91 Å². The van der Waals surface area contributed by atoms with Gasteiger partial charge >= 0.3 is 0 Å². The molecule has 0 saturated heterocycles. The Morgan fingerprint density at radius 3 is 2.00 bits per heavy atom. The molecule has 6 nitrogen and oxygen atoms in total. The third-order valence-corrected chi connectivity index (χ3v) is 8.90. The second-order valence-electron chi connectivity index (χ2n) is 10.3. The summed E-state index contributed by atoms with van der Waals surface area (Å²) >= 11 is 0. The average Bonchev–Trinajstić information content (AvgIpc) is 2.72. The Morgan fingerprint density at radius 2 is 1.42 bits per heavy atom. The van der Waals surface area contributed by atoms with Crippen LogP contribution in [0.15, 0.2) is 54.6 Å². The van der Waals surface area contributed by atoms with Crippen LogP contribution in [0.1, 0.15) is 54.4 Å². The molecular weight excluding hydrogens is 436 g/mol. The normalized spacial score (nSPS) is 27.8. The van der Waals surface area contributed by atoms with E-state index in [0.717, 1.165) is 37.0 Å². The van der Waals surface area contributed by atoms with Gasteiger partial charge < -0.3 is 10.6 Å². The minimum atomic E-state index is -3.58. The molecule has 7 heteroatoms. The minimum absolute atomic E-state index is 0.0498. The molecule has 0 unspecified atom stereocenters. The molecule has 0 radical (unpaired) electrons. The van der Waals surface area contributed by atoms with Gasteiger partial charge in [-0.2, -0.15) is 0 Å². The molecule has 4 fully saturated rings. The van der Waals surface area contributed by atoms with Crippen molar-refractivity contribution in [2.75, 3.05) is 11.1 Å². The van der Waals surface area contributed by atoms with Gasteiger partial charge in [0.15, 0.2) is 9.84 Å². The summed E-state index contributed by atoms with van der Waals surface area (Å²) in [6.07, 6.45) is 7.25. The number of amides is 2. The van der Waals surface area contributed by atoms with E-state index in [1.54, 1.807) is 48.5 Å². The van der Waals surface area contributed by atoms with Crippen LogP contribution in [-0.2, 0) is 20.4 Å². The maximum atomic E-state index is 12.9. The predicted molar refractivity (Wildman–Crippen MR) is 127 cm³/mol. The highest BCUT2D eigenvalue weighted by atomic mass is 32.2. The van der Waals surface area contributed by atoms with Crippen molar-refractivity contribution in [3.8, 4) is 0 Å². The summed E-state index contributed by atoms with van der Waals surface area (Å²) < 4.78 is 24.7. The predicted octanol–water partition coefficient (Wildman–Crippen LogP) is 3.94. The zero-order valence-corrected chi connectivity index (χ0v) is 19.4. The Labute approximate surface area is 195 Å². The molecule has 6 rings (SSSR count). The van der Waals surface area contributed by atoms with Crippen LogP contribution >= 0.6 is 0 Å². The number of sulfone groups is 1. The van der Waals surface area contributed by atoms with Gasteiger partial charge in [0.05, 0.1) is 5.75 Å². The van der Waals surface area contributed by atoms with Crippen molar-refractivity contribution < 1.29 is 18.0 Å². The molecule has 4 bridgehead atoms. The van der Waals surface area contributed by atoms with Gasteiger partial charge in [0.1, 0.15) is 5.75 Å². The van der Waals surface area contributed by atoms with E-state index in [9.17, 15) is 18.0 Å². The lowest BCUT2D eigenvalue weighted by atomic mass is 9.53. The first-order chi connectivity index (χ1) is 15.8. The Balaban J connectivity index is 1.17. The lowest BCUT2D eigenvalue weighted by Crippen LogP contribution is -2.59. The van der Waals surface area contributed by atoms with Crippen LogP contribution in [0.25, 0.3) is 0 Å². The maximum absolute atomic E-state index is 12.9. The third-order valence-electron chi connectivity index (χ3n) is 7.43. The fourth-order valence-corrected chi connectivity index (χ4v) is 7.83. The molecule has 2 amide bonds. The second kappa shape index (κ2) is 8.60. The highest BCUT2D eigenvalue weighted by Gasteiger charge is 2.51. The number of carbonyl (C=O) groups excluding carboxylic acids is 2. The smallest absolute Gasteiger partial charge is 0.251 e. The zero-order chi connectivity index (χ0) is 23.1. The quantitative estimate of drug-likeness (QED) is 0.647. The maximum Gasteiger partial charge on any atom is 0.251 e. The van der Waals surface area contributed by atoms with E-state index in [0.29, 0.717) is 16.8 Å². The van der Waals surface area contributed by atoms with Gasteiger partial charge in [-0.05, 0) is 86.1 Å². The molecule has 0 heterocycles. The van der Waals surface area contributed by atoms with Gasteiger partial charge in [0.2, 0.25) is 5.91 Å². The monoisotopic (exact) mass is 466 g/mol. The van der Waals surface area contributed by atoms with Crippen LogP contribution in [0.4, 0.5) is 5.69 Å². The molecule has 2 N–H and O–H groups in total. The summed E-state index contributed by atoms with van der Waals surface area (Å²) in [5.41, 5.74) is 1.63. The Kier molecular flexibility index (Phi) is 5.77. The summed E-state index contributed by atoms with van der Waals surface area (Å²) in [5, 5.41) is 5.98. The first-order valence-electron chi connectivity index (χ1n) is 11.7. The summed E-state index contributed by atoms with van der Waals surface area (Å²) in [7, 11) is -3.58. The highest BCUT2D eigenvalue weighted by molar-refractivity contribution is 7.91. The Hall–Kier alpha value is -2.67. The van der Waals surface area contributed by atoms with Gasteiger partial charge in [-0.3, -0.25) is 9.59 Å².